The second kappa shape index (κ2) is 10.8. The minimum Gasteiger partial charge on any atom is -0.352 e. The van der Waals surface area contributed by atoms with E-state index in [4.69, 9.17) is 0 Å². The van der Waals surface area contributed by atoms with Crippen molar-refractivity contribution in [2.75, 3.05) is 13.1 Å². The molecule has 3 rings (SSSR count). The smallest absolute Gasteiger partial charge is 0.222 e. The van der Waals surface area contributed by atoms with Crippen molar-refractivity contribution in [3.8, 4) is 0 Å². The lowest BCUT2D eigenvalue weighted by atomic mass is 10.0. The largest absolute Gasteiger partial charge is 0.352 e. The van der Waals surface area contributed by atoms with Crippen LogP contribution in [0.1, 0.15) is 55.3 Å². The van der Waals surface area contributed by atoms with Crippen LogP contribution in [0.5, 0.6) is 0 Å². The molecule has 29 heavy (non-hydrogen) atoms. The van der Waals surface area contributed by atoms with Crippen LogP contribution in [0.15, 0.2) is 54.6 Å². The Hall–Kier alpha value is -2.66. The third-order valence-electron chi connectivity index (χ3n) is 5.41. The third-order valence-corrected chi connectivity index (χ3v) is 5.41. The Kier molecular flexibility index (Phi) is 7.82. The van der Waals surface area contributed by atoms with E-state index in [0.717, 1.165) is 30.8 Å². The highest BCUT2D eigenvalue weighted by Crippen LogP contribution is 2.18. The number of nitrogens with one attached hydrogen (secondary N) is 2. The van der Waals surface area contributed by atoms with Gasteiger partial charge in [-0.1, -0.05) is 61.0 Å². The summed E-state index contributed by atoms with van der Waals surface area (Å²) >= 11 is 0. The van der Waals surface area contributed by atoms with Crippen molar-refractivity contribution in [3.05, 3.63) is 71.3 Å². The highest BCUT2D eigenvalue weighted by Gasteiger charge is 2.17. The van der Waals surface area contributed by atoms with Crippen molar-refractivity contribution in [3.63, 3.8) is 0 Å². The number of nitrogens with zero attached hydrogens (tertiary/aromatic N) is 1. The average molecular weight is 394 g/mol. The Balaban J connectivity index is 1.58. The summed E-state index contributed by atoms with van der Waals surface area (Å²) in [6.07, 6.45) is 4.08. The first-order valence-corrected chi connectivity index (χ1v) is 10.5. The van der Waals surface area contributed by atoms with E-state index < -0.39 is 0 Å². The van der Waals surface area contributed by atoms with Crippen LogP contribution in [0.4, 0.5) is 0 Å². The molecular formula is C24H31N3O2. The van der Waals surface area contributed by atoms with E-state index >= 15 is 0 Å². The van der Waals surface area contributed by atoms with Crippen molar-refractivity contribution in [2.45, 2.75) is 51.7 Å². The van der Waals surface area contributed by atoms with Crippen molar-refractivity contribution >= 4 is 11.8 Å². The van der Waals surface area contributed by atoms with E-state index in [1.807, 2.05) is 36.4 Å². The first-order valence-electron chi connectivity index (χ1n) is 10.5. The second-order valence-corrected chi connectivity index (χ2v) is 7.75. The fourth-order valence-corrected chi connectivity index (χ4v) is 3.88. The van der Waals surface area contributed by atoms with Gasteiger partial charge in [-0.25, -0.2) is 0 Å². The summed E-state index contributed by atoms with van der Waals surface area (Å²) in [5, 5.41) is 5.93. The van der Waals surface area contributed by atoms with Gasteiger partial charge in [0.05, 0.1) is 12.5 Å². The molecule has 1 heterocycles. The summed E-state index contributed by atoms with van der Waals surface area (Å²) in [5.41, 5.74) is 3.36. The summed E-state index contributed by atoms with van der Waals surface area (Å²) in [6, 6.07) is 17.6. The summed E-state index contributed by atoms with van der Waals surface area (Å²) < 4.78 is 0. The molecule has 0 radical (unpaired) electrons. The zero-order valence-corrected chi connectivity index (χ0v) is 17.2. The molecule has 2 amide bonds. The molecule has 1 fully saturated rings. The van der Waals surface area contributed by atoms with Crippen LogP contribution < -0.4 is 10.6 Å². The molecule has 2 N–H and O–H groups in total. The number of benzene rings is 2. The average Bonchev–Trinajstić information content (AvgIpc) is 2.74. The van der Waals surface area contributed by atoms with Crippen LogP contribution in [-0.2, 0) is 22.7 Å². The van der Waals surface area contributed by atoms with Gasteiger partial charge in [0.25, 0.3) is 0 Å². The molecule has 1 aliphatic rings. The quantitative estimate of drug-likeness (QED) is 0.721. The first kappa shape index (κ1) is 21.1. The maximum absolute atomic E-state index is 12.6. The monoisotopic (exact) mass is 393 g/mol. The summed E-state index contributed by atoms with van der Waals surface area (Å²) in [4.78, 5) is 26.7. The number of carbonyl (C=O) groups excluding carboxylic acids is 2. The van der Waals surface area contributed by atoms with Gasteiger partial charge in [-0.3, -0.25) is 14.5 Å². The Bertz CT molecular complexity index is 801. The van der Waals surface area contributed by atoms with E-state index in [0.29, 0.717) is 6.54 Å². The molecule has 2 aromatic rings. The topological polar surface area (TPSA) is 61.4 Å². The normalized spacial score (nSPS) is 15.5. The van der Waals surface area contributed by atoms with E-state index in [2.05, 4.69) is 33.7 Å². The lowest BCUT2D eigenvalue weighted by molar-refractivity contribution is -0.122. The van der Waals surface area contributed by atoms with Crippen molar-refractivity contribution < 1.29 is 9.59 Å². The van der Waals surface area contributed by atoms with Crippen LogP contribution in [0, 0.1) is 0 Å². The minimum absolute atomic E-state index is 0.0691. The van der Waals surface area contributed by atoms with Crippen LogP contribution in [0.3, 0.4) is 0 Å². The second-order valence-electron chi connectivity index (χ2n) is 7.75. The molecule has 0 saturated carbocycles. The van der Waals surface area contributed by atoms with Gasteiger partial charge in [-0.2, -0.15) is 0 Å². The number of rotatable bonds is 8. The van der Waals surface area contributed by atoms with Crippen molar-refractivity contribution in [2.24, 2.45) is 0 Å². The zero-order valence-electron chi connectivity index (χ0n) is 17.2. The fourth-order valence-electron chi connectivity index (χ4n) is 3.88. The van der Waals surface area contributed by atoms with Gasteiger partial charge >= 0.3 is 0 Å². The number of hydrogen-bond donors (Lipinski definition) is 2. The summed E-state index contributed by atoms with van der Waals surface area (Å²) in [6.45, 7) is 5.21. The van der Waals surface area contributed by atoms with Gasteiger partial charge in [0.2, 0.25) is 11.8 Å². The Morgan fingerprint density at radius 1 is 0.931 bits per heavy atom. The predicted octanol–water partition coefficient (Wildman–Crippen LogP) is 3.56. The number of piperidine rings is 1. The fraction of sp³-hybridized carbons (Fsp3) is 0.417. The predicted molar refractivity (Wildman–Crippen MR) is 115 cm³/mol. The standard InChI is InChI=1S/C24H31N3O2/c1-19(28)26-23(20-10-4-2-5-11-20)16-24(29)25-17-21-12-6-7-13-22(21)18-27-14-8-3-9-15-27/h2,4-7,10-13,23H,3,8-9,14-18H2,1H3,(H,25,29)(H,26,28). The molecule has 5 nitrogen and oxygen atoms in total. The van der Waals surface area contributed by atoms with Crippen molar-refractivity contribution in [1.82, 2.24) is 15.5 Å². The molecule has 0 aromatic heterocycles. The number of likely N-dealkylation sites (tertiary alicyclic amines) is 1. The summed E-state index contributed by atoms with van der Waals surface area (Å²) in [5.74, 6) is -0.209. The van der Waals surface area contributed by atoms with E-state index in [-0.39, 0.29) is 24.3 Å². The Morgan fingerprint density at radius 3 is 2.28 bits per heavy atom. The first-order chi connectivity index (χ1) is 14.1. The maximum atomic E-state index is 12.6. The van der Waals surface area contributed by atoms with E-state index in [1.165, 1.54) is 31.7 Å². The molecule has 2 aromatic carbocycles. The van der Waals surface area contributed by atoms with Gasteiger partial charge in [-0.15, -0.1) is 0 Å². The molecule has 0 bridgehead atoms. The minimum atomic E-state index is -0.322. The third kappa shape index (κ3) is 6.71. The molecule has 1 unspecified atom stereocenters. The SMILES string of the molecule is CC(=O)NC(CC(=O)NCc1ccccc1CN1CCCCC1)c1ccccc1. The van der Waals surface area contributed by atoms with Gasteiger partial charge in [0.1, 0.15) is 0 Å². The number of hydrogen-bond acceptors (Lipinski definition) is 3. The van der Waals surface area contributed by atoms with Gasteiger partial charge < -0.3 is 10.6 Å². The lowest BCUT2D eigenvalue weighted by Crippen LogP contribution is -2.33. The Labute approximate surface area is 173 Å². The van der Waals surface area contributed by atoms with E-state index in [9.17, 15) is 9.59 Å². The van der Waals surface area contributed by atoms with Crippen LogP contribution in [0.25, 0.3) is 0 Å². The van der Waals surface area contributed by atoms with Crippen LogP contribution in [-0.4, -0.2) is 29.8 Å². The van der Waals surface area contributed by atoms with Crippen molar-refractivity contribution in [1.29, 1.82) is 0 Å². The molecule has 5 heteroatoms. The molecule has 154 valence electrons. The molecule has 1 aliphatic heterocycles. The number of carbonyl (C=O) groups is 2. The molecule has 1 atom stereocenters. The molecule has 0 aliphatic carbocycles. The lowest BCUT2D eigenvalue weighted by Gasteiger charge is -2.27. The van der Waals surface area contributed by atoms with Gasteiger partial charge in [0, 0.05) is 20.0 Å². The van der Waals surface area contributed by atoms with Gasteiger partial charge in [0.15, 0.2) is 0 Å². The summed E-state index contributed by atoms with van der Waals surface area (Å²) in [7, 11) is 0. The molecular weight excluding hydrogens is 362 g/mol. The zero-order chi connectivity index (χ0) is 20.5. The highest BCUT2D eigenvalue weighted by molar-refractivity contribution is 5.79. The Morgan fingerprint density at radius 2 is 1.59 bits per heavy atom. The highest BCUT2D eigenvalue weighted by atomic mass is 16.2. The van der Waals surface area contributed by atoms with Crippen LogP contribution in [0.2, 0.25) is 0 Å². The molecule has 1 saturated heterocycles. The van der Waals surface area contributed by atoms with Gasteiger partial charge in [-0.05, 0) is 42.6 Å². The maximum Gasteiger partial charge on any atom is 0.222 e. The number of amides is 2. The van der Waals surface area contributed by atoms with E-state index in [1.54, 1.807) is 0 Å². The molecule has 0 spiro atoms. The van der Waals surface area contributed by atoms with Crippen LogP contribution >= 0.6 is 0 Å².